The van der Waals surface area contributed by atoms with Gasteiger partial charge in [0.05, 0.1) is 5.75 Å². The van der Waals surface area contributed by atoms with E-state index in [-0.39, 0.29) is 22.1 Å². The molecule has 0 radical (unpaired) electrons. The summed E-state index contributed by atoms with van der Waals surface area (Å²) in [6.07, 6.45) is 3.16. The minimum atomic E-state index is -0.393. The Morgan fingerprint density at radius 3 is 2.42 bits per heavy atom. The van der Waals surface area contributed by atoms with Crippen LogP contribution in [0.15, 0.2) is 64.7 Å². The highest BCUT2D eigenvalue weighted by Crippen LogP contribution is 2.16. The first-order chi connectivity index (χ1) is 12.4. The number of carbonyl (C=O) groups excluding carboxylic acids is 1. The van der Waals surface area contributed by atoms with Crippen LogP contribution in [-0.2, 0) is 0 Å². The molecule has 0 aliphatic rings. The third-order valence-electron chi connectivity index (χ3n) is 3.80. The summed E-state index contributed by atoms with van der Waals surface area (Å²) in [5.74, 6) is -0.515. The lowest BCUT2D eigenvalue weighted by Gasteiger charge is -2.09. The average Bonchev–Trinajstić information content (AvgIpc) is 2.60. The Labute approximate surface area is 154 Å². The van der Waals surface area contributed by atoms with E-state index in [1.165, 1.54) is 28.8 Å². The van der Waals surface area contributed by atoms with E-state index in [0.717, 1.165) is 28.6 Å². The van der Waals surface area contributed by atoms with E-state index in [0.29, 0.717) is 5.56 Å². The lowest BCUT2D eigenvalue weighted by atomic mass is 10.1. The maximum atomic E-state index is 12.9. The number of carbonyl (C=O) groups is 1. The van der Waals surface area contributed by atoms with Gasteiger partial charge in [0, 0.05) is 23.6 Å². The topological polar surface area (TPSA) is 52.0 Å². The zero-order valence-electron chi connectivity index (χ0n) is 14.4. The Bertz CT molecular complexity index is 993. The lowest BCUT2D eigenvalue weighted by molar-refractivity contribution is 0.102. The van der Waals surface area contributed by atoms with Crippen LogP contribution in [0.2, 0.25) is 0 Å². The molecule has 0 aliphatic carbocycles. The molecule has 0 saturated heterocycles. The van der Waals surface area contributed by atoms with Crippen LogP contribution in [0.1, 0.15) is 21.5 Å². The summed E-state index contributed by atoms with van der Waals surface area (Å²) in [5, 5.41) is 0.252. The van der Waals surface area contributed by atoms with Crippen molar-refractivity contribution in [3.63, 3.8) is 0 Å². The standard InChI is InChI=1S/C20H17FN2O2S/c1-13-9-14(2)11-17(10-13)23-8-7-22-19(20(23)25)26-12-18(24)15-3-5-16(21)6-4-15/h3-11H,12H2,1-2H3. The van der Waals surface area contributed by atoms with E-state index >= 15 is 0 Å². The van der Waals surface area contributed by atoms with Crippen molar-refractivity contribution in [3.05, 3.63) is 87.7 Å². The molecule has 0 fully saturated rings. The summed E-state index contributed by atoms with van der Waals surface area (Å²) in [5.41, 5.74) is 3.02. The maximum Gasteiger partial charge on any atom is 0.287 e. The van der Waals surface area contributed by atoms with Gasteiger partial charge < -0.3 is 0 Å². The average molecular weight is 368 g/mol. The molecule has 132 valence electrons. The zero-order chi connectivity index (χ0) is 18.7. The molecule has 3 aromatic rings. The van der Waals surface area contributed by atoms with Crippen LogP contribution in [0.3, 0.4) is 0 Å². The fourth-order valence-electron chi connectivity index (χ4n) is 2.64. The molecule has 1 heterocycles. The van der Waals surface area contributed by atoms with Gasteiger partial charge in [-0.3, -0.25) is 14.2 Å². The van der Waals surface area contributed by atoms with Gasteiger partial charge in [-0.15, -0.1) is 0 Å². The Hall–Kier alpha value is -2.73. The smallest absolute Gasteiger partial charge is 0.287 e. The van der Waals surface area contributed by atoms with E-state index < -0.39 is 5.82 Å². The third kappa shape index (κ3) is 4.08. The van der Waals surface area contributed by atoms with Crippen LogP contribution in [-0.4, -0.2) is 21.1 Å². The van der Waals surface area contributed by atoms with Crippen LogP contribution in [0.25, 0.3) is 5.69 Å². The Morgan fingerprint density at radius 2 is 1.77 bits per heavy atom. The van der Waals surface area contributed by atoms with Gasteiger partial charge in [-0.25, -0.2) is 9.37 Å². The van der Waals surface area contributed by atoms with Gasteiger partial charge in [0.2, 0.25) is 0 Å². The van der Waals surface area contributed by atoms with Crippen molar-refractivity contribution < 1.29 is 9.18 Å². The zero-order valence-corrected chi connectivity index (χ0v) is 15.2. The Morgan fingerprint density at radius 1 is 1.12 bits per heavy atom. The van der Waals surface area contributed by atoms with Crippen LogP contribution < -0.4 is 5.56 Å². The van der Waals surface area contributed by atoms with Gasteiger partial charge in [0.15, 0.2) is 10.8 Å². The molecular formula is C20H17FN2O2S. The van der Waals surface area contributed by atoms with Gasteiger partial charge in [-0.1, -0.05) is 17.8 Å². The van der Waals surface area contributed by atoms with Crippen LogP contribution >= 0.6 is 11.8 Å². The normalized spacial score (nSPS) is 10.7. The highest BCUT2D eigenvalue weighted by atomic mass is 32.2. The number of aromatic nitrogens is 2. The Kier molecular flexibility index (Phi) is 5.32. The first-order valence-electron chi connectivity index (χ1n) is 8.02. The molecule has 0 N–H and O–H groups in total. The number of hydrogen-bond donors (Lipinski definition) is 0. The van der Waals surface area contributed by atoms with Gasteiger partial charge >= 0.3 is 0 Å². The van der Waals surface area contributed by atoms with Crippen molar-refractivity contribution in [3.8, 4) is 5.69 Å². The van der Waals surface area contributed by atoms with Crippen molar-refractivity contribution in [1.29, 1.82) is 0 Å². The van der Waals surface area contributed by atoms with Crippen molar-refractivity contribution in [1.82, 2.24) is 9.55 Å². The molecule has 0 aliphatic heterocycles. The molecule has 0 unspecified atom stereocenters. The molecule has 3 rings (SSSR count). The summed E-state index contributed by atoms with van der Waals surface area (Å²) in [6, 6.07) is 11.2. The highest BCUT2D eigenvalue weighted by molar-refractivity contribution is 7.99. The second-order valence-electron chi connectivity index (χ2n) is 5.97. The SMILES string of the molecule is Cc1cc(C)cc(-n2ccnc(SCC(=O)c3ccc(F)cc3)c2=O)c1. The molecule has 1 aromatic heterocycles. The molecule has 0 spiro atoms. The summed E-state index contributed by atoms with van der Waals surface area (Å²) in [7, 11) is 0. The predicted octanol–water partition coefficient (Wildman–Crippen LogP) is 3.96. The van der Waals surface area contributed by atoms with Gasteiger partial charge in [0.25, 0.3) is 5.56 Å². The van der Waals surface area contributed by atoms with E-state index in [1.807, 2.05) is 32.0 Å². The molecule has 0 amide bonds. The minimum absolute atomic E-state index is 0.0602. The second-order valence-corrected chi connectivity index (χ2v) is 6.94. The largest absolute Gasteiger partial charge is 0.293 e. The number of halogens is 1. The summed E-state index contributed by atoms with van der Waals surface area (Å²) in [4.78, 5) is 29.0. The van der Waals surface area contributed by atoms with Gasteiger partial charge in [-0.2, -0.15) is 0 Å². The van der Waals surface area contributed by atoms with Gasteiger partial charge in [-0.05, 0) is 61.4 Å². The molecule has 2 aromatic carbocycles. The Balaban J connectivity index is 1.82. The number of Topliss-reactive ketones (excluding diaryl/α,β-unsaturated/α-hetero) is 1. The van der Waals surface area contributed by atoms with Crippen molar-refractivity contribution in [2.45, 2.75) is 18.9 Å². The first-order valence-corrected chi connectivity index (χ1v) is 9.00. The van der Waals surface area contributed by atoms with Gasteiger partial charge in [0.1, 0.15) is 5.82 Å². The molecule has 0 bridgehead atoms. The number of thioether (sulfide) groups is 1. The molecule has 0 atom stereocenters. The number of ketones is 1. The predicted molar refractivity (Wildman–Crippen MR) is 101 cm³/mol. The van der Waals surface area contributed by atoms with Crippen molar-refractivity contribution in [2.24, 2.45) is 0 Å². The third-order valence-corrected chi connectivity index (χ3v) is 4.76. The van der Waals surface area contributed by atoms with E-state index in [9.17, 15) is 14.0 Å². The maximum absolute atomic E-state index is 12.9. The van der Waals surface area contributed by atoms with E-state index in [2.05, 4.69) is 4.98 Å². The number of hydrogen-bond acceptors (Lipinski definition) is 4. The second kappa shape index (κ2) is 7.66. The molecule has 26 heavy (non-hydrogen) atoms. The molecule has 0 saturated carbocycles. The molecule has 4 nitrogen and oxygen atoms in total. The molecular weight excluding hydrogens is 351 g/mol. The fourth-order valence-corrected chi connectivity index (χ4v) is 3.43. The number of aryl methyl sites for hydroxylation is 2. The quantitative estimate of drug-likeness (QED) is 0.505. The minimum Gasteiger partial charge on any atom is -0.293 e. The van der Waals surface area contributed by atoms with Crippen molar-refractivity contribution in [2.75, 3.05) is 5.75 Å². The monoisotopic (exact) mass is 368 g/mol. The summed E-state index contributed by atoms with van der Waals surface area (Å²) in [6.45, 7) is 3.94. The van der Waals surface area contributed by atoms with Crippen LogP contribution in [0.5, 0.6) is 0 Å². The molecule has 6 heteroatoms. The van der Waals surface area contributed by atoms with E-state index in [4.69, 9.17) is 0 Å². The summed E-state index contributed by atoms with van der Waals surface area (Å²) >= 11 is 1.08. The number of rotatable bonds is 5. The van der Waals surface area contributed by atoms with Crippen molar-refractivity contribution >= 4 is 17.5 Å². The summed E-state index contributed by atoms with van der Waals surface area (Å²) < 4.78 is 14.5. The van der Waals surface area contributed by atoms with E-state index in [1.54, 1.807) is 12.4 Å². The first kappa shape index (κ1) is 18.1. The number of benzene rings is 2. The van der Waals surface area contributed by atoms with Crippen LogP contribution in [0.4, 0.5) is 4.39 Å². The lowest BCUT2D eigenvalue weighted by Crippen LogP contribution is -2.21. The number of nitrogens with zero attached hydrogens (tertiary/aromatic N) is 2. The fraction of sp³-hybridized carbons (Fsp3) is 0.150. The van der Waals surface area contributed by atoms with Crippen LogP contribution in [0, 0.1) is 19.7 Å². The highest BCUT2D eigenvalue weighted by Gasteiger charge is 2.12.